The number of aromatic hydroxyl groups is 2. The van der Waals surface area contributed by atoms with Crippen LogP contribution >= 0.6 is 0 Å². The lowest BCUT2D eigenvalue weighted by Gasteiger charge is -2.32. The maximum Gasteiger partial charge on any atom is 0.142 e. The molecule has 0 heterocycles. The molecule has 3 aromatic rings. The lowest BCUT2D eigenvalue weighted by molar-refractivity contribution is 0.402. The maximum absolute atomic E-state index is 11.6. The summed E-state index contributed by atoms with van der Waals surface area (Å²) in [5.74, 6) is 0.634. The molecule has 0 bridgehead atoms. The van der Waals surface area contributed by atoms with E-state index < -0.39 is 0 Å². The zero-order valence-electron chi connectivity index (χ0n) is 23.6. The Labute approximate surface area is 218 Å². The largest absolute Gasteiger partial charge is 0.507 e. The molecule has 0 atom stereocenters. The average Bonchev–Trinajstić information content (AvgIpc) is 2.77. The summed E-state index contributed by atoms with van der Waals surface area (Å²) in [5.41, 5.74) is 6.11. The van der Waals surface area contributed by atoms with Crippen molar-refractivity contribution in [2.45, 2.75) is 65.7 Å². The highest BCUT2D eigenvalue weighted by Gasteiger charge is 2.26. The first-order valence-electron chi connectivity index (χ1n) is 12.9. The van der Waals surface area contributed by atoms with Crippen molar-refractivity contribution in [1.29, 1.82) is 0 Å². The molecule has 0 aliphatic rings. The van der Waals surface area contributed by atoms with E-state index in [0.717, 1.165) is 58.7 Å². The molecule has 0 amide bonds. The molecule has 194 valence electrons. The van der Waals surface area contributed by atoms with E-state index in [4.69, 9.17) is 0 Å². The van der Waals surface area contributed by atoms with Crippen LogP contribution in [0.5, 0.6) is 11.5 Å². The van der Waals surface area contributed by atoms with Crippen LogP contribution in [0.2, 0.25) is 0 Å². The normalized spacial score (nSPS) is 12.3. The highest BCUT2D eigenvalue weighted by Crippen LogP contribution is 2.46. The van der Waals surface area contributed by atoms with Gasteiger partial charge in [-0.2, -0.15) is 0 Å². The number of anilines is 2. The predicted molar refractivity (Wildman–Crippen MR) is 154 cm³/mol. The van der Waals surface area contributed by atoms with Crippen LogP contribution in [0.4, 0.5) is 11.4 Å². The number of para-hydroxylation sites is 2. The van der Waals surface area contributed by atoms with E-state index in [2.05, 4.69) is 96.6 Å². The van der Waals surface area contributed by atoms with Gasteiger partial charge < -0.3 is 20.0 Å². The van der Waals surface area contributed by atoms with Crippen LogP contribution in [-0.2, 0) is 10.8 Å². The smallest absolute Gasteiger partial charge is 0.142 e. The third kappa shape index (κ3) is 6.04. The molecule has 0 aliphatic heterocycles. The van der Waals surface area contributed by atoms with Crippen LogP contribution in [0.1, 0.15) is 64.7 Å². The second-order valence-corrected chi connectivity index (χ2v) is 12.2. The molecule has 0 saturated heterocycles. The van der Waals surface area contributed by atoms with Crippen LogP contribution in [0.3, 0.4) is 0 Å². The summed E-state index contributed by atoms with van der Waals surface area (Å²) in [7, 11) is 4.16. The first kappa shape index (κ1) is 27.6. The molecule has 0 saturated carbocycles. The number of benzene rings is 3. The van der Waals surface area contributed by atoms with Gasteiger partial charge in [0.05, 0.1) is 5.69 Å². The van der Waals surface area contributed by atoms with Crippen molar-refractivity contribution in [2.75, 3.05) is 32.1 Å². The number of rotatable bonds is 7. The van der Waals surface area contributed by atoms with Crippen molar-refractivity contribution >= 4 is 11.4 Å². The fraction of sp³-hybridized carbons (Fsp3) is 0.438. The summed E-state index contributed by atoms with van der Waals surface area (Å²) in [6.07, 6.45) is 0.924. The van der Waals surface area contributed by atoms with E-state index in [1.165, 1.54) is 0 Å². The summed E-state index contributed by atoms with van der Waals surface area (Å²) in [5, 5.41) is 22.9. The predicted octanol–water partition coefficient (Wildman–Crippen LogP) is 7.76. The van der Waals surface area contributed by atoms with Crippen LogP contribution < -0.4 is 4.90 Å². The van der Waals surface area contributed by atoms with Gasteiger partial charge in [0, 0.05) is 28.9 Å². The van der Waals surface area contributed by atoms with Crippen molar-refractivity contribution < 1.29 is 10.2 Å². The summed E-state index contributed by atoms with van der Waals surface area (Å²) in [4.78, 5) is 4.40. The average molecular weight is 489 g/mol. The Hall–Kier alpha value is -2.98. The molecule has 3 aromatic carbocycles. The molecule has 3 rings (SSSR count). The van der Waals surface area contributed by atoms with Crippen molar-refractivity contribution in [3.05, 3.63) is 71.3 Å². The lowest BCUT2D eigenvalue weighted by atomic mass is 9.84. The topological polar surface area (TPSA) is 46.9 Å². The van der Waals surface area contributed by atoms with Crippen LogP contribution in [0, 0.1) is 6.92 Å². The zero-order chi connectivity index (χ0) is 26.8. The second-order valence-electron chi connectivity index (χ2n) is 12.2. The van der Waals surface area contributed by atoms with Crippen molar-refractivity contribution in [1.82, 2.24) is 4.90 Å². The molecule has 36 heavy (non-hydrogen) atoms. The van der Waals surface area contributed by atoms with Gasteiger partial charge in [-0.05, 0) is 68.1 Å². The Morgan fingerprint density at radius 1 is 0.667 bits per heavy atom. The van der Waals surface area contributed by atoms with Gasteiger partial charge in [-0.25, -0.2) is 0 Å². The van der Waals surface area contributed by atoms with Crippen molar-refractivity contribution in [3.63, 3.8) is 0 Å². The minimum atomic E-state index is -0.195. The zero-order valence-corrected chi connectivity index (χ0v) is 23.6. The number of aryl methyl sites for hydroxylation is 1. The Bertz CT molecular complexity index is 1200. The summed E-state index contributed by atoms with van der Waals surface area (Å²) in [6.45, 7) is 16.5. The lowest BCUT2D eigenvalue weighted by Crippen LogP contribution is -2.24. The maximum atomic E-state index is 11.6. The van der Waals surface area contributed by atoms with Gasteiger partial charge in [0.2, 0.25) is 0 Å². The highest BCUT2D eigenvalue weighted by molar-refractivity contribution is 5.87. The molecule has 0 radical (unpaired) electrons. The summed E-state index contributed by atoms with van der Waals surface area (Å²) >= 11 is 0. The fourth-order valence-electron chi connectivity index (χ4n) is 4.76. The van der Waals surface area contributed by atoms with Gasteiger partial charge in [-0.1, -0.05) is 84.0 Å². The Morgan fingerprint density at radius 2 is 1.28 bits per heavy atom. The molecule has 0 spiro atoms. The van der Waals surface area contributed by atoms with Gasteiger partial charge in [0.15, 0.2) is 0 Å². The minimum Gasteiger partial charge on any atom is -0.507 e. The SMILES string of the molecule is Cc1cc(N(CCCN(C)C)c2ccccc2-c2cccc(C(C)(C)C)c2O)c(O)c(C(C)(C)C)c1. The molecular weight excluding hydrogens is 444 g/mol. The van der Waals surface area contributed by atoms with Gasteiger partial charge in [0.25, 0.3) is 0 Å². The van der Waals surface area contributed by atoms with Crippen molar-refractivity contribution in [2.24, 2.45) is 0 Å². The molecule has 0 aliphatic carbocycles. The number of phenolic OH excluding ortho intramolecular Hbond substituents is 2. The first-order valence-corrected chi connectivity index (χ1v) is 12.9. The number of hydrogen-bond donors (Lipinski definition) is 2. The summed E-state index contributed by atoms with van der Waals surface area (Å²) < 4.78 is 0. The van der Waals surface area contributed by atoms with E-state index in [1.807, 2.05) is 30.3 Å². The molecule has 2 N–H and O–H groups in total. The second kappa shape index (κ2) is 10.6. The molecule has 4 nitrogen and oxygen atoms in total. The molecule has 0 unspecified atom stereocenters. The molecule has 0 fully saturated rings. The Kier molecular flexibility index (Phi) is 8.10. The van der Waals surface area contributed by atoms with E-state index in [-0.39, 0.29) is 10.8 Å². The van der Waals surface area contributed by atoms with E-state index in [1.54, 1.807) is 0 Å². The van der Waals surface area contributed by atoms with Crippen LogP contribution in [0.15, 0.2) is 54.6 Å². The Balaban J connectivity index is 2.26. The standard InChI is InChI=1S/C32H44N2O2/c1-22-20-26(32(5,6)7)30(36)28(21-22)34(19-13-18-33(8)9)27-17-11-10-14-23(27)24-15-12-16-25(29(24)35)31(2,3)4/h10-12,14-17,20-21,35-36H,13,18-19H2,1-9H3. The van der Waals surface area contributed by atoms with Crippen LogP contribution in [0.25, 0.3) is 11.1 Å². The van der Waals surface area contributed by atoms with Gasteiger partial charge in [0.1, 0.15) is 11.5 Å². The van der Waals surface area contributed by atoms with Gasteiger partial charge in [-0.15, -0.1) is 0 Å². The molecule has 4 heteroatoms. The monoisotopic (exact) mass is 488 g/mol. The van der Waals surface area contributed by atoms with Crippen molar-refractivity contribution in [3.8, 4) is 22.6 Å². The number of hydrogen-bond acceptors (Lipinski definition) is 4. The molecule has 0 aromatic heterocycles. The summed E-state index contributed by atoms with van der Waals surface area (Å²) in [6, 6.07) is 18.3. The number of phenols is 2. The quantitative estimate of drug-likeness (QED) is 0.357. The highest BCUT2D eigenvalue weighted by atomic mass is 16.3. The van der Waals surface area contributed by atoms with Crippen LogP contribution in [-0.4, -0.2) is 42.3 Å². The fourth-order valence-corrected chi connectivity index (χ4v) is 4.76. The minimum absolute atomic E-state index is 0.184. The van der Waals surface area contributed by atoms with E-state index >= 15 is 0 Å². The number of nitrogens with zero attached hydrogens (tertiary/aromatic N) is 2. The van der Waals surface area contributed by atoms with Gasteiger partial charge >= 0.3 is 0 Å². The molecular formula is C32H44N2O2. The van der Waals surface area contributed by atoms with Gasteiger partial charge in [-0.3, -0.25) is 0 Å². The Morgan fingerprint density at radius 3 is 1.89 bits per heavy atom. The third-order valence-electron chi connectivity index (χ3n) is 6.65. The third-order valence-corrected chi connectivity index (χ3v) is 6.65. The van der Waals surface area contributed by atoms with E-state index in [0.29, 0.717) is 11.5 Å². The van der Waals surface area contributed by atoms with E-state index in [9.17, 15) is 10.2 Å². The first-order chi connectivity index (χ1) is 16.7.